The molecule has 0 saturated carbocycles. The third-order valence-electron chi connectivity index (χ3n) is 3.23. The topological polar surface area (TPSA) is 35.6 Å². The molecule has 0 spiro atoms. The predicted octanol–water partition coefficient (Wildman–Crippen LogP) is 1.08. The molecule has 0 aliphatic carbocycles. The van der Waals surface area contributed by atoms with Gasteiger partial charge in [-0.3, -0.25) is 15.0 Å². The van der Waals surface area contributed by atoms with Gasteiger partial charge in [0, 0.05) is 39.3 Å². The molecule has 2 aliphatic heterocycles. The highest BCUT2D eigenvalue weighted by atomic mass is 35.5. The molecule has 1 unspecified atom stereocenters. The van der Waals surface area contributed by atoms with Crippen molar-refractivity contribution in [3.05, 3.63) is 24.3 Å². The Morgan fingerprint density at radius 2 is 1.95 bits per heavy atom. The lowest BCUT2D eigenvalue weighted by molar-refractivity contribution is -0.133. The molecule has 110 valence electrons. The van der Waals surface area contributed by atoms with Crippen LogP contribution < -0.4 is 5.32 Å². The molecule has 1 fully saturated rings. The van der Waals surface area contributed by atoms with Gasteiger partial charge in [0.1, 0.15) is 6.04 Å². The van der Waals surface area contributed by atoms with E-state index in [1.165, 1.54) is 5.57 Å². The minimum atomic E-state index is -0.0947. The van der Waals surface area contributed by atoms with Crippen LogP contribution in [0, 0.1) is 0 Å². The Bertz CT molecular complexity index is 339. The standard InChI is InChI=1S/C13H21N3O.2ClH/c1-11(2)10-15-6-8-16(9-7-15)13(17)12-4-3-5-14-12;;/h3-4,12,14H,1,5-10H2,2H3;2*1H. The van der Waals surface area contributed by atoms with E-state index in [-0.39, 0.29) is 36.8 Å². The summed E-state index contributed by atoms with van der Waals surface area (Å²) in [5, 5.41) is 3.17. The van der Waals surface area contributed by atoms with Crippen molar-refractivity contribution in [2.24, 2.45) is 0 Å². The van der Waals surface area contributed by atoms with Crippen molar-refractivity contribution >= 4 is 30.7 Å². The van der Waals surface area contributed by atoms with Crippen molar-refractivity contribution in [2.45, 2.75) is 13.0 Å². The molecule has 2 heterocycles. The van der Waals surface area contributed by atoms with E-state index >= 15 is 0 Å². The monoisotopic (exact) mass is 307 g/mol. The van der Waals surface area contributed by atoms with E-state index in [0.717, 1.165) is 39.3 Å². The van der Waals surface area contributed by atoms with Gasteiger partial charge in [0.2, 0.25) is 5.91 Å². The third kappa shape index (κ3) is 5.15. The minimum Gasteiger partial charge on any atom is -0.338 e. The van der Waals surface area contributed by atoms with E-state index in [0.29, 0.717) is 0 Å². The zero-order valence-corrected chi connectivity index (χ0v) is 12.9. The van der Waals surface area contributed by atoms with Gasteiger partial charge in [0.25, 0.3) is 0 Å². The number of hydrogen-bond acceptors (Lipinski definition) is 3. The van der Waals surface area contributed by atoms with Gasteiger partial charge < -0.3 is 4.90 Å². The van der Waals surface area contributed by atoms with Crippen molar-refractivity contribution in [3.8, 4) is 0 Å². The fourth-order valence-electron chi connectivity index (χ4n) is 2.34. The average molecular weight is 308 g/mol. The Morgan fingerprint density at radius 3 is 2.42 bits per heavy atom. The van der Waals surface area contributed by atoms with Crippen LogP contribution in [0.3, 0.4) is 0 Å². The van der Waals surface area contributed by atoms with Crippen LogP contribution in [0.15, 0.2) is 24.3 Å². The number of piperazine rings is 1. The quantitative estimate of drug-likeness (QED) is 0.793. The second kappa shape index (κ2) is 8.59. The van der Waals surface area contributed by atoms with Crippen LogP contribution in [0.4, 0.5) is 0 Å². The molecule has 0 aromatic carbocycles. The van der Waals surface area contributed by atoms with Crippen LogP contribution in [-0.4, -0.2) is 61.0 Å². The minimum absolute atomic E-state index is 0. The summed E-state index contributed by atoms with van der Waals surface area (Å²) in [5.41, 5.74) is 1.19. The predicted molar refractivity (Wildman–Crippen MR) is 83.3 cm³/mol. The summed E-state index contributed by atoms with van der Waals surface area (Å²) < 4.78 is 0. The van der Waals surface area contributed by atoms with Crippen LogP contribution in [-0.2, 0) is 4.79 Å². The van der Waals surface area contributed by atoms with E-state index in [9.17, 15) is 4.79 Å². The maximum atomic E-state index is 12.1. The number of carbonyl (C=O) groups is 1. The molecule has 6 heteroatoms. The van der Waals surface area contributed by atoms with E-state index in [1.807, 2.05) is 24.0 Å². The SMILES string of the molecule is C=C(C)CN1CCN(C(=O)C2C=CCN2)CC1.Cl.Cl. The van der Waals surface area contributed by atoms with Gasteiger partial charge in [0.05, 0.1) is 0 Å². The normalized spacial score (nSPS) is 22.6. The van der Waals surface area contributed by atoms with Gasteiger partial charge in [-0.15, -0.1) is 24.8 Å². The van der Waals surface area contributed by atoms with Crippen LogP contribution in [0.1, 0.15) is 6.92 Å². The molecule has 1 N–H and O–H groups in total. The van der Waals surface area contributed by atoms with E-state index in [2.05, 4.69) is 16.8 Å². The fraction of sp³-hybridized carbons (Fsp3) is 0.615. The zero-order valence-electron chi connectivity index (χ0n) is 11.3. The van der Waals surface area contributed by atoms with Crippen LogP contribution in [0.2, 0.25) is 0 Å². The van der Waals surface area contributed by atoms with E-state index in [1.54, 1.807) is 0 Å². The molecule has 0 aromatic heterocycles. The second-order valence-corrected chi connectivity index (χ2v) is 4.87. The summed E-state index contributed by atoms with van der Waals surface area (Å²) in [6, 6.07) is -0.0947. The number of halogens is 2. The average Bonchev–Trinajstić information content (AvgIpc) is 2.82. The molecule has 0 radical (unpaired) electrons. The highest BCUT2D eigenvalue weighted by Gasteiger charge is 2.26. The number of nitrogens with zero attached hydrogens (tertiary/aromatic N) is 2. The lowest BCUT2D eigenvalue weighted by Crippen LogP contribution is -2.53. The molecule has 4 nitrogen and oxygen atoms in total. The number of rotatable bonds is 3. The molecule has 0 aromatic rings. The van der Waals surface area contributed by atoms with Crippen molar-refractivity contribution in [2.75, 3.05) is 39.3 Å². The van der Waals surface area contributed by atoms with Gasteiger partial charge in [-0.25, -0.2) is 0 Å². The Kier molecular flexibility index (Phi) is 8.34. The van der Waals surface area contributed by atoms with Crippen molar-refractivity contribution < 1.29 is 4.79 Å². The Labute approximate surface area is 127 Å². The molecule has 1 atom stereocenters. The first kappa shape index (κ1) is 18.4. The molecule has 19 heavy (non-hydrogen) atoms. The van der Waals surface area contributed by atoms with Crippen LogP contribution in [0.25, 0.3) is 0 Å². The first-order valence-electron chi connectivity index (χ1n) is 6.22. The molecule has 1 saturated heterocycles. The summed E-state index contributed by atoms with van der Waals surface area (Å²) in [7, 11) is 0. The number of nitrogens with one attached hydrogen (secondary N) is 1. The zero-order chi connectivity index (χ0) is 12.3. The smallest absolute Gasteiger partial charge is 0.243 e. The lowest BCUT2D eigenvalue weighted by Gasteiger charge is -2.35. The van der Waals surface area contributed by atoms with Crippen molar-refractivity contribution in [3.63, 3.8) is 0 Å². The molecule has 0 bridgehead atoms. The van der Waals surface area contributed by atoms with Crippen molar-refractivity contribution in [1.82, 2.24) is 15.1 Å². The van der Waals surface area contributed by atoms with Gasteiger partial charge in [-0.2, -0.15) is 0 Å². The largest absolute Gasteiger partial charge is 0.338 e. The highest BCUT2D eigenvalue weighted by Crippen LogP contribution is 2.07. The maximum absolute atomic E-state index is 12.1. The number of hydrogen-bond donors (Lipinski definition) is 1. The molecule has 2 rings (SSSR count). The van der Waals surface area contributed by atoms with E-state index in [4.69, 9.17) is 0 Å². The Balaban J connectivity index is 0.00000162. The number of amides is 1. The van der Waals surface area contributed by atoms with Gasteiger partial charge in [-0.05, 0) is 6.92 Å². The molecule has 1 amide bonds. The molecular weight excluding hydrogens is 285 g/mol. The highest BCUT2D eigenvalue weighted by molar-refractivity contribution is 5.85. The molecule has 2 aliphatic rings. The van der Waals surface area contributed by atoms with Gasteiger partial charge >= 0.3 is 0 Å². The molecular formula is C13H23Cl2N3O. The first-order valence-corrected chi connectivity index (χ1v) is 6.22. The Hall–Kier alpha value is -0.550. The summed E-state index contributed by atoms with van der Waals surface area (Å²) >= 11 is 0. The summed E-state index contributed by atoms with van der Waals surface area (Å²) in [6.07, 6.45) is 3.97. The van der Waals surface area contributed by atoms with Crippen LogP contribution >= 0.6 is 24.8 Å². The second-order valence-electron chi connectivity index (χ2n) is 4.87. The van der Waals surface area contributed by atoms with Gasteiger partial charge in [-0.1, -0.05) is 24.3 Å². The Morgan fingerprint density at radius 1 is 1.32 bits per heavy atom. The van der Waals surface area contributed by atoms with Crippen LogP contribution in [0.5, 0.6) is 0 Å². The first-order chi connectivity index (χ1) is 8.16. The number of carbonyl (C=O) groups excluding carboxylic acids is 1. The van der Waals surface area contributed by atoms with Crippen molar-refractivity contribution in [1.29, 1.82) is 0 Å². The summed E-state index contributed by atoms with van der Waals surface area (Å²) in [4.78, 5) is 16.4. The fourth-order valence-corrected chi connectivity index (χ4v) is 2.34. The van der Waals surface area contributed by atoms with E-state index < -0.39 is 0 Å². The lowest BCUT2D eigenvalue weighted by atomic mass is 10.2. The third-order valence-corrected chi connectivity index (χ3v) is 3.23. The van der Waals surface area contributed by atoms with Gasteiger partial charge in [0.15, 0.2) is 0 Å². The summed E-state index contributed by atoms with van der Waals surface area (Å²) in [5.74, 6) is 0.216. The summed E-state index contributed by atoms with van der Waals surface area (Å²) in [6.45, 7) is 11.3. The maximum Gasteiger partial charge on any atom is 0.243 e.